The second kappa shape index (κ2) is 13.4. The lowest BCUT2D eigenvalue weighted by Crippen LogP contribution is -2.40. The minimum Gasteiger partial charge on any atom is -0.497 e. The quantitative estimate of drug-likeness (QED) is 0.332. The van der Waals surface area contributed by atoms with Crippen LogP contribution in [0.3, 0.4) is 0 Å². The monoisotopic (exact) mass is 386 g/mol. The van der Waals surface area contributed by atoms with Crippen LogP contribution in [-0.2, 0) is 11.3 Å². The van der Waals surface area contributed by atoms with Gasteiger partial charge >= 0.3 is 0 Å². The molecule has 0 atom stereocenters. The first-order valence-corrected chi connectivity index (χ1v) is 9.57. The first-order chi connectivity index (χ1) is 13.8. The van der Waals surface area contributed by atoms with Crippen LogP contribution in [0.15, 0.2) is 53.8 Å². The number of ether oxygens (including phenoxy) is 3. The molecule has 0 aliphatic heterocycles. The molecule has 0 radical (unpaired) electrons. The van der Waals surface area contributed by atoms with Crippen molar-refractivity contribution in [3.05, 3.63) is 54.4 Å². The number of nitrogens with zero attached hydrogens (tertiary/aromatic N) is 2. The van der Waals surface area contributed by atoms with Crippen molar-refractivity contribution >= 4 is 5.96 Å². The number of nitrogens with one attached hydrogen (secondary N) is 2. The zero-order valence-electron chi connectivity index (χ0n) is 16.7. The van der Waals surface area contributed by atoms with Crippen LogP contribution in [-0.4, -0.2) is 51.0 Å². The van der Waals surface area contributed by atoms with Crippen molar-refractivity contribution in [2.45, 2.75) is 19.9 Å². The molecule has 1 aromatic heterocycles. The van der Waals surface area contributed by atoms with E-state index in [2.05, 4.69) is 20.6 Å². The Hall–Kier alpha value is -2.80. The van der Waals surface area contributed by atoms with Gasteiger partial charge in [0.05, 0.1) is 26.4 Å². The molecule has 0 aliphatic rings. The van der Waals surface area contributed by atoms with Crippen LogP contribution in [0.1, 0.15) is 18.9 Å². The zero-order chi connectivity index (χ0) is 19.9. The number of guanidine groups is 1. The van der Waals surface area contributed by atoms with E-state index in [4.69, 9.17) is 14.2 Å². The average Bonchev–Trinajstić information content (AvgIpc) is 2.75. The summed E-state index contributed by atoms with van der Waals surface area (Å²) in [5, 5.41) is 6.64. The molecule has 152 valence electrons. The van der Waals surface area contributed by atoms with Gasteiger partial charge in [-0.25, -0.2) is 4.99 Å². The molecule has 2 N–H and O–H groups in total. The lowest BCUT2D eigenvalue weighted by atomic mass is 10.2. The SMILES string of the molecule is CCOCCCNC(=NCc1ccc(OC)cc1)NCCOc1cccnc1. The van der Waals surface area contributed by atoms with E-state index in [-0.39, 0.29) is 0 Å². The van der Waals surface area contributed by atoms with E-state index in [1.807, 2.05) is 43.3 Å². The number of rotatable bonds is 12. The third kappa shape index (κ3) is 8.73. The summed E-state index contributed by atoms with van der Waals surface area (Å²) in [7, 11) is 1.66. The molecule has 28 heavy (non-hydrogen) atoms. The van der Waals surface area contributed by atoms with Gasteiger partial charge in [0.2, 0.25) is 0 Å². The third-order valence-electron chi connectivity index (χ3n) is 3.84. The maximum atomic E-state index is 5.66. The van der Waals surface area contributed by atoms with Gasteiger partial charge in [-0.05, 0) is 43.2 Å². The van der Waals surface area contributed by atoms with Crippen molar-refractivity contribution in [1.82, 2.24) is 15.6 Å². The highest BCUT2D eigenvalue weighted by atomic mass is 16.5. The Balaban J connectivity index is 1.81. The van der Waals surface area contributed by atoms with Gasteiger partial charge in [-0.1, -0.05) is 12.1 Å². The van der Waals surface area contributed by atoms with Crippen molar-refractivity contribution in [2.24, 2.45) is 4.99 Å². The van der Waals surface area contributed by atoms with Gasteiger partial charge in [0, 0.05) is 26.0 Å². The summed E-state index contributed by atoms with van der Waals surface area (Å²) >= 11 is 0. The van der Waals surface area contributed by atoms with E-state index in [9.17, 15) is 0 Å². The number of aromatic nitrogens is 1. The fraction of sp³-hybridized carbons (Fsp3) is 0.429. The smallest absolute Gasteiger partial charge is 0.191 e. The molecule has 0 saturated carbocycles. The van der Waals surface area contributed by atoms with Gasteiger partial charge < -0.3 is 24.8 Å². The maximum absolute atomic E-state index is 5.66. The molecule has 7 heteroatoms. The van der Waals surface area contributed by atoms with E-state index in [1.54, 1.807) is 19.5 Å². The summed E-state index contributed by atoms with van der Waals surface area (Å²) in [6, 6.07) is 11.6. The third-order valence-corrected chi connectivity index (χ3v) is 3.84. The lowest BCUT2D eigenvalue weighted by Gasteiger charge is -2.13. The molecule has 0 fully saturated rings. The van der Waals surface area contributed by atoms with Gasteiger partial charge in [-0.2, -0.15) is 0 Å². The summed E-state index contributed by atoms with van der Waals surface area (Å²) in [4.78, 5) is 8.69. The molecular weight excluding hydrogens is 356 g/mol. The summed E-state index contributed by atoms with van der Waals surface area (Å²) in [5.41, 5.74) is 1.11. The van der Waals surface area contributed by atoms with Crippen molar-refractivity contribution in [2.75, 3.05) is 40.0 Å². The number of methoxy groups -OCH3 is 1. The highest BCUT2D eigenvalue weighted by Gasteiger charge is 2.00. The second-order valence-corrected chi connectivity index (χ2v) is 5.95. The molecule has 1 heterocycles. The standard InChI is InChI=1S/C21H30N4O3/c1-3-27-14-5-12-23-21(24-13-15-28-20-6-4-11-22-17-20)25-16-18-7-9-19(26-2)10-8-18/h4,6-11,17H,3,5,12-16H2,1-2H3,(H2,23,24,25). The maximum Gasteiger partial charge on any atom is 0.191 e. The van der Waals surface area contributed by atoms with E-state index in [0.29, 0.717) is 19.7 Å². The van der Waals surface area contributed by atoms with Crippen molar-refractivity contribution in [3.8, 4) is 11.5 Å². The Morgan fingerprint density at radius 3 is 2.57 bits per heavy atom. The van der Waals surface area contributed by atoms with Crippen LogP contribution in [0.4, 0.5) is 0 Å². The van der Waals surface area contributed by atoms with Crippen LogP contribution in [0.5, 0.6) is 11.5 Å². The molecule has 0 saturated heterocycles. The predicted octanol–water partition coefficient (Wildman–Crippen LogP) is 2.63. The Bertz CT molecular complexity index is 678. The fourth-order valence-electron chi connectivity index (χ4n) is 2.37. The number of hydrogen-bond donors (Lipinski definition) is 2. The van der Waals surface area contributed by atoms with Gasteiger partial charge in [-0.15, -0.1) is 0 Å². The minimum absolute atomic E-state index is 0.522. The van der Waals surface area contributed by atoms with Gasteiger partial charge in [0.15, 0.2) is 5.96 Å². The Morgan fingerprint density at radius 1 is 1.04 bits per heavy atom. The highest BCUT2D eigenvalue weighted by Crippen LogP contribution is 2.11. The molecule has 2 rings (SSSR count). The Kier molecular flexibility index (Phi) is 10.3. The first kappa shape index (κ1) is 21.5. The van der Waals surface area contributed by atoms with E-state index >= 15 is 0 Å². The molecule has 0 unspecified atom stereocenters. The zero-order valence-corrected chi connectivity index (χ0v) is 16.7. The van der Waals surface area contributed by atoms with Crippen LogP contribution in [0.25, 0.3) is 0 Å². The van der Waals surface area contributed by atoms with Crippen LogP contribution >= 0.6 is 0 Å². The number of benzene rings is 1. The second-order valence-electron chi connectivity index (χ2n) is 5.95. The van der Waals surface area contributed by atoms with E-state index in [0.717, 1.165) is 49.2 Å². The predicted molar refractivity (Wildman–Crippen MR) is 111 cm³/mol. The number of aliphatic imine (C=N–C) groups is 1. The topological polar surface area (TPSA) is 77.0 Å². The molecule has 1 aromatic carbocycles. The van der Waals surface area contributed by atoms with Gasteiger partial charge in [0.25, 0.3) is 0 Å². The fourth-order valence-corrected chi connectivity index (χ4v) is 2.37. The van der Waals surface area contributed by atoms with Crippen LogP contribution < -0.4 is 20.1 Å². The van der Waals surface area contributed by atoms with Gasteiger partial charge in [-0.3, -0.25) is 4.98 Å². The number of hydrogen-bond acceptors (Lipinski definition) is 5. The summed E-state index contributed by atoms with van der Waals surface area (Å²) < 4.78 is 16.2. The molecule has 0 spiro atoms. The minimum atomic E-state index is 0.522. The summed E-state index contributed by atoms with van der Waals surface area (Å²) in [6.45, 7) is 6.00. The summed E-state index contributed by atoms with van der Waals surface area (Å²) in [5.74, 6) is 2.35. The lowest BCUT2D eigenvalue weighted by molar-refractivity contribution is 0.145. The molecule has 0 bridgehead atoms. The van der Waals surface area contributed by atoms with Gasteiger partial charge in [0.1, 0.15) is 18.1 Å². The largest absolute Gasteiger partial charge is 0.497 e. The first-order valence-electron chi connectivity index (χ1n) is 9.57. The Morgan fingerprint density at radius 2 is 1.86 bits per heavy atom. The van der Waals surface area contributed by atoms with E-state index < -0.39 is 0 Å². The molecule has 0 amide bonds. The molecule has 0 aliphatic carbocycles. The summed E-state index contributed by atoms with van der Waals surface area (Å²) in [6.07, 6.45) is 4.34. The Labute approximate surface area is 167 Å². The van der Waals surface area contributed by atoms with Crippen molar-refractivity contribution < 1.29 is 14.2 Å². The van der Waals surface area contributed by atoms with E-state index in [1.165, 1.54) is 0 Å². The number of pyridine rings is 1. The van der Waals surface area contributed by atoms with Crippen LogP contribution in [0.2, 0.25) is 0 Å². The highest BCUT2D eigenvalue weighted by molar-refractivity contribution is 5.79. The van der Waals surface area contributed by atoms with Crippen molar-refractivity contribution in [1.29, 1.82) is 0 Å². The normalized spacial score (nSPS) is 11.1. The molecule has 7 nitrogen and oxygen atoms in total. The molecular formula is C21H30N4O3. The molecule has 2 aromatic rings. The van der Waals surface area contributed by atoms with Crippen molar-refractivity contribution in [3.63, 3.8) is 0 Å². The van der Waals surface area contributed by atoms with Crippen LogP contribution in [0, 0.1) is 0 Å². The average molecular weight is 386 g/mol.